The summed E-state index contributed by atoms with van der Waals surface area (Å²) >= 11 is 13.3. The lowest BCUT2D eigenvalue weighted by Gasteiger charge is -2.05. The van der Waals surface area contributed by atoms with Gasteiger partial charge in [-0.3, -0.25) is 4.79 Å². The molecule has 0 fully saturated rings. The lowest BCUT2D eigenvalue weighted by atomic mass is 10.1. The maximum Gasteiger partial charge on any atom is 0.159 e. The number of hydrogen-bond donors (Lipinski definition) is 0. The Kier molecular flexibility index (Phi) is 4.27. The topological polar surface area (TPSA) is 30.0 Å². The van der Waals surface area contributed by atoms with Crippen LogP contribution in [0, 0.1) is 0 Å². The highest BCUT2D eigenvalue weighted by molar-refractivity contribution is 7.99. The number of halogens is 2. The zero-order chi connectivity index (χ0) is 13.1. The van der Waals surface area contributed by atoms with E-state index in [0.29, 0.717) is 15.6 Å². The molecule has 0 saturated heterocycles. The van der Waals surface area contributed by atoms with Crippen LogP contribution in [0.3, 0.4) is 0 Å². The summed E-state index contributed by atoms with van der Waals surface area (Å²) in [6.45, 7) is 1.51. The predicted octanol–water partition coefficient (Wildman–Crippen LogP) is 4.74. The van der Waals surface area contributed by atoms with Gasteiger partial charge in [-0.1, -0.05) is 41.0 Å². The van der Waals surface area contributed by atoms with Gasteiger partial charge in [-0.2, -0.15) is 0 Å². The van der Waals surface area contributed by atoms with Gasteiger partial charge in [-0.05, 0) is 31.2 Å². The first-order valence-electron chi connectivity index (χ1n) is 5.16. The minimum Gasteiger partial charge on any atom is -0.295 e. The number of nitrogens with zero attached hydrogens (tertiary/aromatic N) is 1. The number of ketones is 1. The Balaban J connectivity index is 2.24. The quantitative estimate of drug-likeness (QED) is 0.766. The van der Waals surface area contributed by atoms with Gasteiger partial charge >= 0.3 is 0 Å². The van der Waals surface area contributed by atoms with E-state index >= 15 is 0 Å². The van der Waals surface area contributed by atoms with E-state index in [4.69, 9.17) is 23.2 Å². The Hall–Kier alpha value is -1.03. The number of benzene rings is 1. The molecule has 2 nitrogen and oxygen atoms in total. The van der Waals surface area contributed by atoms with Gasteiger partial charge < -0.3 is 0 Å². The first kappa shape index (κ1) is 13.4. The van der Waals surface area contributed by atoms with Crippen molar-refractivity contribution in [2.75, 3.05) is 0 Å². The maximum absolute atomic E-state index is 11.2. The normalized spacial score (nSPS) is 10.4. The van der Waals surface area contributed by atoms with Crippen molar-refractivity contribution >= 4 is 40.7 Å². The molecule has 0 radical (unpaired) electrons. The Labute approximate surface area is 119 Å². The molecule has 1 aromatic carbocycles. The lowest BCUT2D eigenvalue weighted by molar-refractivity contribution is 0.101. The highest BCUT2D eigenvalue weighted by Crippen LogP contribution is 2.33. The standard InChI is InChI=1S/C13H9Cl2NOS/c1-8(17)9-2-4-12(11(15)6-9)18-13-5-3-10(14)7-16-13/h2-7H,1H3. The SMILES string of the molecule is CC(=O)c1ccc(Sc2ccc(Cl)cn2)c(Cl)c1. The summed E-state index contributed by atoms with van der Waals surface area (Å²) in [5.41, 5.74) is 0.605. The summed E-state index contributed by atoms with van der Waals surface area (Å²) in [6, 6.07) is 8.84. The Bertz CT molecular complexity index is 584. The van der Waals surface area contributed by atoms with Crippen LogP contribution in [0.1, 0.15) is 17.3 Å². The average molecular weight is 298 g/mol. The van der Waals surface area contributed by atoms with Crippen molar-refractivity contribution in [3.63, 3.8) is 0 Å². The molecule has 2 rings (SSSR count). The zero-order valence-electron chi connectivity index (χ0n) is 9.48. The monoisotopic (exact) mass is 297 g/mol. The largest absolute Gasteiger partial charge is 0.295 e. The van der Waals surface area contributed by atoms with Crippen LogP contribution in [0.5, 0.6) is 0 Å². The summed E-state index contributed by atoms with van der Waals surface area (Å²) in [5.74, 6) is -0.00179. The molecule has 0 N–H and O–H groups in total. The molecule has 0 bridgehead atoms. The van der Waals surface area contributed by atoms with E-state index in [2.05, 4.69) is 4.98 Å². The number of rotatable bonds is 3. The van der Waals surface area contributed by atoms with Crippen molar-refractivity contribution in [1.29, 1.82) is 0 Å². The van der Waals surface area contributed by atoms with Crippen LogP contribution in [-0.2, 0) is 0 Å². The van der Waals surface area contributed by atoms with Crippen LogP contribution in [0.15, 0.2) is 46.5 Å². The second-order valence-electron chi connectivity index (χ2n) is 3.62. The van der Waals surface area contributed by atoms with Gasteiger partial charge in [0, 0.05) is 16.7 Å². The van der Waals surface area contributed by atoms with E-state index in [9.17, 15) is 4.79 Å². The van der Waals surface area contributed by atoms with E-state index in [-0.39, 0.29) is 5.78 Å². The van der Waals surface area contributed by atoms with Gasteiger partial charge in [0.25, 0.3) is 0 Å². The summed E-state index contributed by atoms with van der Waals surface area (Å²) in [4.78, 5) is 16.2. The van der Waals surface area contributed by atoms with Gasteiger partial charge in [0.15, 0.2) is 5.78 Å². The molecule has 0 atom stereocenters. The molecule has 0 amide bonds. The van der Waals surface area contributed by atoms with Crippen molar-refractivity contribution in [3.8, 4) is 0 Å². The summed E-state index contributed by atoms with van der Waals surface area (Å²) in [6.07, 6.45) is 1.59. The molecule has 0 unspecified atom stereocenters. The van der Waals surface area contributed by atoms with Crippen molar-refractivity contribution in [2.45, 2.75) is 16.8 Å². The molecule has 5 heteroatoms. The van der Waals surface area contributed by atoms with Crippen LogP contribution in [0.4, 0.5) is 0 Å². The fourth-order valence-corrected chi connectivity index (χ4v) is 2.51. The minimum absolute atomic E-state index is 0.00179. The molecule has 0 spiro atoms. The van der Waals surface area contributed by atoms with E-state index in [1.54, 1.807) is 24.4 Å². The Morgan fingerprint density at radius 3 is 2.56 bits per heavy atom. The van der Waals surface area contributed by atoms with Crippen molar-refractivity contribution in [2.24, 2.45) is 0 Å². The minimum atomic E-state index is -0.00179. The summed E-state index contributed by atoms with van der Waals surface area (Å²) in [5, 5.41) is 1.94. The highest BCUT2D eigenvalue weighted by Gasteiger charge is 2.07. The second-order valence-corrected chi connectivity index (χ2v) is 5.52. The third-order valence-corrected chi connectivity index (χ3v) is 3.93. The van der Waals surface area contributed by atoms with Gasteiger partial charge in [-0.25, -0.2) is 4.98 Å². The molecule has 2 aromatic rings. The number of aromatic nitrogens is 1. The molecule has 1 aromatic heterocycles. The first-order chi connectivity index (χ1) is 8.56. The number of Topliss-reactive ketones (excluding diaryl/α,β-unsaturated/α-hetero) is 1. The third-order valence-electron chi connectivity index (χ3n) is 2.25. The smallest absolute Gasteiger partial charge is 0.159 e. The molecule has 1 heterocycles. The zero-order valence-corrected chi connectivity index (χ0v) is 11.8. The molecule has 0 aliphatic rings. The number of carbonyl (C=O) groups is 1. The third kappa shape index (κ3) is 3.25. The van der Waals surface area contributed by atoms with Crippen LogP contribution in [0.2, 0.25) is 10.0 Å². The van der Waals surface area contributed by atoms with E-state index in [0.717, 1.165) is 9.92 Å². The molecular formula is C13H9Cl2NOS. The maximum atomic E-state index is 11.2. The molecule has 0 aliphatic carbocycles. The van der Waals surface area contributed by atoms with Crippen LogP contribution >= 0.6 is 35.0 Å². The van der Waals surface area contributed by atoms with Crippen LogP contribution < -0.4 is 0 Å². The summed E-state index contributed by atoms with van der Waals surface area (Å²) < 4.78 is 0. The van der Waals surface area contributed by atoms with E-state index in [1.807, 2.05) is 12.1 Å². The fraction of sp³-hybridized carbons (Fsp3) is 0.0769. The van der Waals surface area contributed by atoms with Gasteiger partial charge in [0.2, 0.25) is 0 Å². The van der Waals surface area contributed by atoms with Crippen LogP contribution in [0.25, 0.3) is 0 Å². The molecule has 0 saturated carbocycles. The molecular weight excluding hydrogens is 289 g/mol. The average Bonchev–Trinajstić information content (AvgIpc) is 2.34. The highest BCUT2D eigenvalue weighted by atomic mass is 35.5. The number of hydrogen-bond acceptors (Lipinski definition) is 3. The first-order valence-corrected chi connectivity index (χ1v) is 6.73. The second kappa shape index (κ2) is 5.74. The molecule has 92 valence electrons. The Morgan fingerprint density at radius 2 is 2.00 bits per heavy atom. The van der Waals surface area contributed by atoms with Crippen LogP contribution in [-0.4, -0.2) is 10.8 Å². The number of carbonyl (C=O) groups excluding carboxylic acids is 1. The Morgan fingerprint density at radius 1 is 1.22 bits per heavy atom. The van der Waals surface area contributed by atoms with E-state index < -0.39 is 0 Å². The predicted molar refractivity (Wildman–Crippen MR) is 74.8 cm³/mol. The fourth-order valence-electron chi connectivity index (χ4n) is 1.34. The van der Waals surface area contributed by atoms with Crippen molar-refractivity contribution in [1.82, 2.24) is 4.98 Å². The lowest BCUT2D eigenvalue weighted by Crippen LogP contribution is -1.91. The van der Waals surface area contributed by atoms with Crippen molar-refractivity contribution < 1.29 is 4.79 Å². The number of pyridine rings is 1. The van der Waals surface area contributed by atoms with Crippen molar-refractivity contribution in [3.05, 3.63) is 52.1 Å². The van der Waals surface area contributed by atoms with Gasteiger partial charge in [0.1, 0.15) is 5.03 Å². The molecule has 0 aliphatic heterocycles. The van der Waals surface area contributed by atoms with Gasteiger partial charge in [-0.15, -0.1) is 0 Å². The van der Waals surface area contributed by atoms with E-state index in [1.165, 1.54) is 18.7 Å². The van der Waals surface area contributed by atoms with Gasteiger partial charge in [0.05, 0.1) is 10.0 Å². The molecule has 18 heavy (non-hydrogen) atoms. The summed E-state index contributed by atoms with van der Waals surface area (Å²) in [7, 11) is 0.